The molecule has 0 aromatic carbocycles. The van der Waals surface area contributed by atoms with Gasteiger partial charge in [0, 0.05) is 40.0 Å². The molecule has 6 heteroatoms. The zero-order valence-corrected chi connectivity index (χ0v) is 16.7. The number of guanidine groups is 1. The fourth-order valence-electron chi connectivity index (χ4n) is 1.80. The van der Waals surface area contributed by atoms with Crippen molar-refractivity contribution < 1.29 is 9.47 Å². The van der Waals surface area contributed by atoms with Gasteiger partial charge >= 0.3 is 0 Å². The predicted molar refractivity (Wildman–Crippen MR) is 103 cm³/mol. The minimum atomic E-state index is 0. The van der Waals surface area contributed by atoms with Crippen molar-refractivity contribution in [2.24, 2.45) is 16.8 Å². The molecule has 5 nitrogen and oxygen atoms in total. The molecule has 1 rings (SSSR count). The Morgan fingerprint density at radius 2 is 1.82 bits per heavy atom. The quantitative estimate of drug-likeness (QED) is 0.218. The number of rotatable bonds is 12. The first-order valence-corrected chi connectivity index (χ1v) is 8.32. The van der Waals surface area contributed by atoms with Crippen LogP contribution in [-0.2, 0) is 9.47 Å². The van der Waals surface area contributed by atoms with Gasteiger partial charge in [0.05, 0.1) is 6.61 Å². The SMILES string of the molecule is CN=C(NCCCOCC1CC1)NCCOCCC(C)C.I. The van der Waals surface area contributed by atoms with Crippen molar-refractivity contribution in [3.63, 3.8) is 0 Å². The number of halogens is 1. The Morgan fingerprint density at radius 1 is 1.09 bits per heavy atom. The lowest BCUT2D eigenvalue weighted by molar-refractivity contribution is 0.122. The van der Waals surface area contributed by atoms with Crippen molar-refractivity contribution in [3.8, 4) is 0 Å². The number of hydrogen-bond acceptors (Lipinski definition) is 3. The molecule has 132 valence electrons. The number of aliphatic imine (C=N–C) groups is 1. The lowest BCUT2D eigenvalue weighted by Gasteiger charge is -2.12. The van der Waals surface area contributed by atoms with Gasteiger partial charge in [0.15, 0.2) is 5.96 Å². The molecule has 0 aromatic rings. The zero-order valence-electron chi connectivity index (χ0n) is 14.4. The van der Waals surface area contributed by atoms with Crippen LogP contribution in [0.1, 0.15) is 39.5 Å². The highest BCUT2D eigenvalue weighted by Crippen LogP contribution is 2.28. The van der Waals surface area contributed by atoms with E-state index in [0.29, 0.717) is 5.92 Å². The van der Waals surface area contributed by atoms with E-state index in [2.05, 4.69) is 29.5 Å². The third-order valence-electron chi connectivity index (χ3n) is 3.41. The summed E-state index contributed by atoms with van der Waals surface area (Å²) in [4.78, 5) is 4.19. The summed E-state index contributed by atoms with van der Waals surface area (Å²) in [6.07, 6.45) is 4.84. The van der Waals surface area contributed by atoms with Gasteiger partial charge in [-0.2, -0.15) is 0 Å². The maximum absolute atomic E-state index is 5.60. The summed E-state index contributed by atoms with van der Waals surface area (Å²) in [5, 5.41) is 6.54. The fraction of sp³-hybridized carbons (Fsp3) is 0.938. The first-order valence-electron chi connectivity index (χ1n) is 8.32. The molecule has 1 aliphatic rings. The van der Waals surface area contributed by atoms with Crippen molar-refractivity contribution in [3.05, 3.63) is 0 Å². The molecule has 0 bridgehead atoms. The topological polar surface area (TPSA) is 54.9 Å². The van der Waals surface area contributed by atoms with Crippen molar-refractivity contribution in [2.45, 2.75) is 39.5 Å². The predicted octanol–water partition coefficient (Wildman–Crippen LogP) is 2.65. The number of nitrogens with one attached hydrogen (secondary N) is 2. The normalized spacial score (nSPS) is 14.8. The maximum atomic E-state index is 5.60. The molecule has 0 aliphatic heterocycles. The Labute approximate surface area is 153 Å². The van der Waals surface area contributed by atoms with Crippen molar-refractivity contribution in [2.75, 3.05) is 46.6 Å². The molecule has 0 heterocycles. The molecule has 0 saturated heterocycles. The molecule has 1 saturated carbocycles. The Bertz CT molecular complexity index is 269. The van der Waals surface area contributed by atoms with Crippen LogP contribution in [0.15, 0.2) is 4.99 Å². The van der Waals surface area contributed by atoms with E-state index in [1.165, 1.54) is 12.8 Å². The lowest BCUT2D eigenvalue weighted by atomic mass is 10.1. The lowest BCUT2D eigenvalue weighted by Crippen LogP contribution is -2.39. The van der Waals surface area contributed by atoms with E-state index in [1.54, 1.807) is 7.05 Å². The average molecular weight is 427 g/mol. The number of hydrogen-bond donors (Lipinski definition) is 2. The van der Waals surface area contributed by atoms with Gasteiger partial charge in [-0.3, -0.25) is 4.99 Å². The monoisotopic (exact) mass is 427 g/mol. The molecular weight excluding hydrogens is 393 g/mol. The van der Waals surface area contributed by atoms with Crippen LogP contribution in [0.5, 0.6) is 0 Å². The van der Waals surface area contributed by atoms with E-state index in [1.807, 2.05) is 0 Å². The van der Waals surface area contributed by atoms with Gasteiger partial charge in [-0.15, -0.1) is 24.0 Å². The molecule has 0 radical (unpaired) electrons. The highest BCUT2D eigenvalue weighted by molar-refractivity contribution is 14.0. The van der Waals surface area contributed by atoms with E-state index in [4.69, 9.17) is 9.47 Å². The van der Waals surface area contributed by atoms with E-state index in [-0.39, 0.29) is 24.0 Å². The average Bonchev–Trinajstić information content (AvgIpc) is 3.27. The van der Waals surface area contributed by atoms with E-state index < -0.39 is 0 Å². The van der Waals surface area contributed by atoms with E-state index in [0.717, 1.165) is 64.2 Å². The van der Waals surface area contributed by atoms with Gasteiger partial charge in [-0.05, 0) is 37.5 Å². The van der Waals surface area contributed by atoms with Crippen LogP contribution < -0.4 is 10.6 Å². The smallest absolute Gasteiger partial charge is 0.191 e. The summed E-state index contributed by atoms with van der Waals surface area (Å²) >= 11 is 0. The van der Waals surface area contributed by atoms with Crippen LogP contribution in [0.3, 0.4) is 0 Å². The van der Waals surface area contributed by atoms with Crippen molar-refractivity contribution >= 4 is 29.9 Å². The highest BCUT2D eigenvalue weighted by Gasteiger charge is 2.20. The molecule has 0 spiro atoms. The second kappa shape index (κ2) is 14.5. The Kier molecular flexibility index (Phi) is 14.5. The molecule has 2 N–H and O–H groups in total. The molecule has 1 aliphatic carbocycles. The maximum Gasteiger partial charge on any atom is 0.191 e. The van der Waals surface area contributed by atoms with Crippen LogP contribution in [-0.4, -0.2) is 52.5 Å². The van der Waals surface area contributed by atoms with Crippen LogP contribution in [0.2, 0.25) is 0 Å². The van der Waals surface area contributed by atoms with Gasteiger partial charge in [-0.25, -0.2) is 0 Å². The standard InChI is InChI=1S/C16H33N3O2.HI/c1-14(2)7-11-20-12-9-19-16(17-3)18-8-4-10-21-13-15-5-6-15;/h14-15H,4-13H2,1-3H3,(H2,17,18,19);1H. The van der Waals surface area contributed by atoms with E-state index >= 15 is 0 Å². The minimum Gasteiger partial charge on any atom is -0.381 e. The molecule has 0 unspecified atom stereocenters. The third kappa shape index (κ3) is 13.6. The van der Waals surface area contributed by atoms with Gasteiger partial charge in [0.1, 0.15) is 0 Å². The summed E-state index contributed by atoms with van der Waals surface area (Å²) in [5.41, 5.74) is 0. The highest BCUT2D eigenvalue weighted by atomic mass is 127. The van der Waals surface area contributed by atoms with Gasteiger partial charge in [0.2, 0.25) is 0 Å². The van der Waals surface area contributed by atoms with Crippen LogP contribution in [0.4, 0.5) is 0 Å². The second-order valence-electron chi connectivity index (χ2n) is 6.09. The first-order chi connectivity index (χ1) is 10.2. The number of nitrogens with zero attached hydrogens (tertiary/aromatic N) is 1. The summed E-state index contributed by atoms with van der Waals surface area (Å²) in [5.74, 6) is 2.39. The van der Waals surface area contributed by atoms with E-state index in [9.17, 15) is 0 Å². The molecule has 0 atom stereocenters. The van der Waals surface area contributed by atoms with Crippen LogP contribution >= 0.6 is 24.0 Å². The molecular formula is C16H34IN3O2. The molecule has 0 amide bonds. The summed E-state index contributed by atoms with van der Waals surface area (Å²) in [6, 6.07) is 0. The fourth-order valence-corrected chi connectivity index (χ4v) is 1.80. The Hall–Kier alpha value is -0.0800. The summed E-state index contributed by atoms with van der Waals surface area (Å²) in [6.45, 7) is 9.43. The molecule has 0 aromatic heterocycles. The van der Waals surface area contributed by atoms with Crippen molar-refractivity contribution in [1.29, 1.82) is 0 Å². The van der Waals surface area contributed by atoms with Crippen LogP contribution in [0, 0.1) is 11.8 Å². The van der Waals surface area contributed by atoms with Gasteiger partial charge < -0.3 is 20.1 Å². The third-order valence-corrected chi connectivity index (χ3v) is 3.41. The summed E-state index contributed by atoms with van der Waals surface area (Å²) < 4.78 is 11.2. The minimum absolute atomic E-state index is 0. The largest absolute Gasteiger partial charge is 0.381 e. The van der Waals surface area contributed by atoms with Gasteiger partial charge in [0.25, 0.3) is 0 Å². The van der Waals surface area contributed by atoms with Crippen molar-refractivity contribution in [1.82, 2.24) is 10.6 Å². The van der Waals surface area contributed by atoms with Gasteiger partial charge in [-0.1, -0.05) is 13.8 Å². The van der Waals surface area contributed by atoms with Crippen LogP contribution in [0.25, 0.3) is 0 Å². The molecule has 22 heavy (non-hydrogen) atoms. The number of ether oxygens (including phenoxy) is 2. The summed E-state index contributed by atoms with van der Waals surface area (Å²) in [7, 11) is 1.79. The second-order valence-corrected chi connectivity index (χ2v) is 6.09. The molecule has 1 fully saturated rings. The Morgan fingerprint density at radius 3 is 2.45 bits per heavy atom. The Balaban J connectivity index is 0.00000441. The zero-order chi connectivity index (χ0) is 15.3. The first kappa shape index (κ1) is 21.9.